The lowest BCUT2D eigenvalue weighted by Gasteiger charge is -2.15. The number of phenolic OH excluding ortho intramolecular Hbond substituents is 1. The molecule has 4 nitrogen and oxygen atoms in total. The van der Waals surface area contributed by atoms with E-state index in [4.69, 9.17) is 5.11 Å². The molecule has 92 valence electrons. The Labute approximate surface area is 108 Å². The maximum absolute atomic E-state index is 11.6. The van der Waals surface area contributed by atoms with Gasteiger partial charge in [0.05, 0.1) is 11.4 Å². The van der Waals surface area contributed by atoms with Crippen molar-refractivity contribution in [3.8, 4) is 5.75 Å². The molecule has 0 saturated carbocycles. The van der Waals surface area contributed by atoms with Gasteiger partial charge in [-0.2, -0.15) is 0 Å². The van der Waals surface area contributed by atoms with E-state index in [0.29, 0.717) is 6.42 Å². The van der Waals surface area contributed by atoms with Gasteiger partial charge in [0.15, 0.2) is 5.78 Å². The van der Waals surface area contributed by atoms with Crippen LogP contribution < -0.4 is 5.32 Å². The number of carbonyl (C=O) groups excluding carboxylic acids is 2. The maximum Gasteiger partial charge on any atom is 0.217 e. The van der Waals surface area contributed by atoms with Crippen LogP contribution in [-0.4, -0.2) is 28.2 Å². The third kappa shape index (κ3) is 4.56. The highest BCUT2D eigenvalue weighted by molar-refractivity contribution is 9.09. The number of rotatable bonds is 5. The molecule has 1 unspecified atom stereocenters. The summed E-state index contributed by atoms with van der Waals surface area (Å²) in [7, 11) is 0. The zero-order valence-electron chi connectivity index (χ0n) is 9.44. The first kappa shape index (κ1) is 13.7. The summed E-state index contributed by atoms with van der Waals surface area (Å²) in [5.41, 5.74) is 0.885. The van der Waals surface area contributed by atoms with Crippen molar-refractivity contribution in [2.24, 2.45) is 0 Å². The molecule has 0 heterocycles. The standard InChI is InChI=1S/C12H14BrNO3/c1-8(15)14-11(12(17)7-13)6-9-2-4-10(16)5-3-9/h2-5,11,16H,6-7H2,1H3,(H,14,15). The minimum atomic E-state index is -0.531. The third-order valence-electron chi connectivity index (χ3n) is 2.27. The first-order valence-electron chi connectivity index (χ1n) is 5.16. The van der Waals surface area contributed by atoms with Crippen LogP contribution >= 0.6 is 15.9 Å². The molecular formula is C12H14BrNO3. The Kier molecular flexibility index (Phi) is 5.15. The van der Waals surface area contributed by atoms with Gasteiger partial charge in [0.2, 0.25) is 5.91 Å². The van der Waals surface area contributed by atoms with Crippen molar-refractivity contribution in [3.63, 3.8) is 0 Å². The molecule has 2 N–H and O–H groups in total. The van der Waals surface area contributed by atoms with Gasteiger partial charge in [-0.25, -0.2) is 0 Å². The minimum absolute atomic E-state index is 0.0757. The average molecular weight is 300 g/mol. The zero-order chi connectivity index (χ0) is 12.8. The van der Waals surface area contributed by atoms with Crippen LogP contribution in [0.15, 0.2) is 24.3 Å². The fourth-order valence-corrected chi connectivity index (χ4v) is 1.84. The van der Waals surface area contributed by atoms with Gasteiger partial charge in [0.25, 0.3) is 0 Å². The molecule has 0 aliphatic rings. The van der Waals surface area contributed by atoms with Gasteiger partial charge in [-0.05, 0) is 24.1 Å². The molecule has 0 spiro atoms. The number of alkyl halides is 1. The van der Waals surface area contributed by atoms with E-state index in [9.17, 15) is 9.59 Å². The van der Waals surface area contributed by atoms with Gasteiger partial charge in [-0.15, -0.1) is 0 Å². The lowest BCUT2D eigenvalue weighted by Crippen LogP contribution is -2.41. The van der Waals surface area contributed by atoms with Gasteiger partial charge >= 0.3 is 0 Å². The number of nitrogens with one attached hydrogen (secondary N) is 1. The Balaban J connectivity index is 2.75. The van der Waals surface area contributed by atoms with Crippen molar-refractivity contribution < 1.29 is 14.7 Å². The van der Waals surface area contributed by atoms with E-state index in [2.05, 4.69) is 21.2 Å². The summed E-state index contributed by atoms with van der Waals surface area (Å²) in [6.45, 7) is 1.38. The molecule has 0 saturated heterocycles. The molecule has 1 rings (SSSR count). The van der Waals surface area contributed by atoms with Crippen LogP contribution in [0.4, 0.5) is 0 Å². The van der Waals surface area contributed by atoms with E-state index in [-0.39, 0.29) is 22.8 Å². The van der Waals surface area contributed by atoms with Crippen molar-refractivity contribution in [1.29, 1.82) is 0 Å². The van der Waals surface area contributed by atoms with E-state index in [1.807, 2.05) is 0 Å². The molecule has 5 heteroatoms. The number of benzene rings is 1. The van der Waals surface area contributed by atoms with E-state index < -0.39 is 6.04 Å². The second-order valence-corrected chi connectivity index (χ2v) is 4.28. The van der Waals surface area contributed by atoms with Crippen LogP contribution in [0.5, 0.6) is 5.75 Å². The average Bonchev–Trinajstić information content (AvgIpc) is 2.29. The largest absolute Gasteiger partial charge is 0.508 e. The highest BCUT2D eigenvalue weighted by Gasteiger charge is 2.18. The topological polar surface area (TPSA) is 66.4 Å². The molecule has 0 bridgehead atoms. The molecule has 0 aliphatic carbocycles. The summed E-state index contributed by atoms with van der Waals surface area (Å²) in [5.74, 6) is -0.131. The number of Topliss-reactive ketones (excluding diaryl/α,β-unsaturated/α-hetero) is 1. The molecule has 0 aromatic heterocycles. The highest BCUT2D eigenvalue weighted by Crippen LogP contribution is 2.12. The maximum atomic E-state index is 11.6. The van der Waals surface area contributed by atoms with Crippen LogP contribution in [0, 0.1) is 0 Å². The van der Waals surface area contributed by atoms with E-state index in [1.165, 1.54) is 6.92 Å². The first-order valence-corrected chi connectivity index (χ1v) is 6.28. The Bertz CT molecular complexity index is 403. The van der Waals surface area contributed by atoms with E-state index in [1.54, 1.807) is 24.3 Å². The van der Waals surface area contributed by atoms with Crippen molar-refractivity contribution >= 4 is 27.6 Å². The predicted molar refractivity (Wildman–Crippen MR) is 68.2 cm³/mol. The molecule has 0 aliphatic heterocycles. The van der Waals surface area contributed by atoms with Gasteiger partial charge < -0.3 is 10.4 Å². The van der Waals surface area contributed by atoms with Crippen LogP contribution in [0.2, 0.25) is 0 Å². The number of amides is 1. The summed E-state index contributed by atoms with van der Waals surface area (Å²) in [4.78, 5) is 22.6. The number of hydrogen-bond acceptors (Lipinski definition) is 3. The Morgan fingerprint density at radius 2 is 1.94 bits per heavy atom. The van der Waals surface area contributed by atoms with Crippen molar-refractivity contribution in [1.82, 2.24) is 5.32 Å². The van der Waals surface area contributed by atoms with Gasteiger partial charge in [-0.1, -0.05) is 28.1 Å². The normalized spacial score (nSPS) is 11.9. The molecule has 0 fully saturated rings. The fourth-order valence-electron chi connectivity index (χ4n) is 1.45. The Morgan fingerprint density at radius 1 is 1.35 bits per heavy atom. The lowest BCUT2D eigenvalue weighted by atomic mass is 10.0. The monoisotopic (exact) mass is 299 g/mol. The Morgan fingerprint density at radius 3 is 2.41 bits per heavy atom. The molecular weight excluding hydrogens is 286 g/mol. The van der Waals surface area contributed by atoms with Crippen molar-refractivity contribution in [2.45, 2.75) is 19.4 Å². The predicted octanol–water partition coefficient (Wildman–Crippen LogP) is 1.40. The van der Waals surface area contributed by atoms with Gasteiger partial charge in [-0.3, -0.25) is 9.59 Å². The smallest absolute Gasteiger partial charge is 0.217 e. The van der Waals surface area contributed by atoms with E-state index >= 15 is 0 Å². The summed E-state index contributed by atoms with van der Waals surface area (Å²) in [5, 5.41) is 12.0. The van der Waals surface area contributed by atoms with Crippen molar-refractivity contribution in [2.75, 3.05) is 5.33 Å². The number of phenols is 1. The minimum Gasteiger partial charge on any atom is -0.508 e. The zero-order valence-corrected chi connectivity index (χ0v) is 11.0. The van der Waals surface area contributed by atoms with Crippen LogP contribution in [0.25, 0.3) is 0 Å². The SMILES string of the molecule is CC(=O)NC(Cc1ccc(O)cc1)C(=O)CBr. The number of aromatic hydroxyl groups is 1. The van der Waals surface area contributed by atoms with Crippen LogP contribution in [-0.2, 0) is 16.0 Å². The number of hydrogen-bond donors (Lipinski definition) is 2. The lowest BCUT2D eigenvalue weighted by molar-refractivity contribution is -0.125. The summed E-state index contributed by atoms with van der Waals surface area (Å²) < 4.78 is 0. The van der Waals surface area contributed by atoms with E-state index in [0.717, 1.165) is 5.56 Å². The van der Waals surface area contributed by atoms with Crippen molar-refractivity contribution in [3.05, 3.63) is 29.8 Å². The molecule has 1 aromatic carbocycles. The number of ketones is 1. The second kappa shape index (κ2) is 6.39. The van der Waals surface area contributed by atoms with Crippen LogP contribution in [0.1, 0.15) is 12.5 Å². The first-order chi connectivity index (χ1) is 8.02. The van der Waals surface area contributed by atoms with Gasteiger partial charge in [0, 0.05) is 6.92 Å². The molecule has 1 atom stereocenters. The summed E-state index contributed by atoms with van der Waals surface area (Å²) in [6, 6.07) is 6.03. The highest BCUT2D eigenvalue weighted by atomic mass is 79.9. The second-order valence-electron chi connectivity index (χ2n) is 3.72. The molecule has 1 aromatic rings. The summed E-state index contributed by atoms with van der Waals surface area (Å²) in [6.07, 6.45) is 0.421. The number of halogens is 1. The molecule has 1 amide bonds. The van der Waals surface area contributed by atoms with Crippen LogP contribution in [0.3, 0.4) is 0 Å². The molecule has 17 heavy (non-hydrogen) atoms. The fraction of sp³-hybridized carbons (Fsp3) is 0.333. The molecule has 0 radical (unpaired) electrons. The summed E-state index contributed by atoms with van der Waals surface area (Å²) >= 11 is 3.09. The third-order valence-corrected chi connectivity index (χ3v) is 2.83. The Hall–Kier alpha value is -1.36. The van der Waals surface area contributed by atoms with Gasteiger partial charge in [0.1, 0.15) is 5.75 Å². The number of carbonyl (C=O) groups is 2. The quantitative estimate of drug-likeness (QED) is 0.808.